The minimum atomic E-state index is -1.06. The largest absolute Gasteiger partial charge is 0.494 e. The van der Waals surface area contributed by atoms with Crippen LogP contribution in [0.2, 0.25) is 0 Å². The standard InChI is InChI=1S/C24H24N2O5/c1-4-29-19-11-12-21-20(15-19)16(2)22(31-21)24(28)30-17(3)23(27)26(14-8-13-25)18-9-6-5-7-10-18/h5-7,9-12,15,17H,4,8,14H2,1-3H3/t17-/m0/s1. The molecule has 7 nitrogen and oxygen atoms in total. The second-order valence-corrected chi connectivity index (χ2v) is 6.93. The number of fused-ring (bicyclic) bond motifs is 1. The molecule has 0 aliphatic carbocycles. The van der Waals surface area contributed by atoms with Crippen LogP contribution in [-0.2, 0) is 9.53 Å². The van der Waals surface area contributed by atoms with Gasteiger partial charge in [-0.25, -0.2) is 4.79 Å². The number of para-hydroxylation sites is 1. The molecule has 0 N–H and O–H groups in total. The van der Waals surface area contributed by atoms with E-state index in [1.807, 2.05) is 25.1 Å². The number of aryl methyl sites for hydroxylation is 1. The summed E-state index contributed by atoms with van der Waals surface area (Å²) >= 11 is 0. The zero-order valence-corrected chi connectivity index (χ0v) is 17.8. The highest BCUT2D eigenvalue weighted by atomic mass is 16.6. The van der Waals surface area contributed by atoms with Crippen molar-refractivity contribution in [3.63, 3.8) is 0 Å². The fraction of sp³-hybridized carbons (Fsp3) is 0.292. The minimum Gasteiger partial charge on any atom is -0.494 e. The summed E-state index contributed by atoms with van der Waals surface area (Å²) in [5.41, 5.74) is 1.78. The van der Waals surface area contributed by atoms with Crippen LogP contribution in [0.3, 0.4) is 0 Å². The summed E-state index contributed by atoms with van der Waals surface area (Å²) in [4.78, 5) is 27.2. The first-order valence-corrected chi connectivity index (χ1v) is 10.1. The van der Waals surface area contributed by atoms with Gasteiger partial charge in [0, 0.05) is 23.2 Å². The molecule has 0 bridgehead atoms. The normalized spacial score (nSPS) is 11.5. The number of carbonyl (C=O) groups excluding carboxylic acids is 2. The fourth-order valence-electron chi connectivity index (χ4n) is 3.27. The molecule has 0 radical (unpaired) electrons. The molecule has 7 heteroatoms. The molecule has 1 amide bonds. The molecule has 1 aromatic heterocycles. The highest BCUT2D eigenvalue weighted by molar-refractivity contribution is 6.00. The van der Waals surface area contributed by atoms with E-state index in [9.17, 15) is 9.59 Å². The molecule has 31 heavy (non-hydrogen) atoms. The number of nitrogens with zero attached hydrogens (tertiary/aromatic N) is 2. The molecule has 0 aliphatic heterocycles. The van der Waals surface area contributed by atoms with Crippen LogP contribution in [0.5, 0.6) is 5.75 Å². The van der Waals surface area contributed by atoms with Gasteiger partial charge in [-0.2, -0.15) is 5.26 Å². The number of esters is 1. The Morgan fingerprint density at radius 2 is 1.94 bits per heavy atom. The summed E-state index contributed by atoms with van der Waals surface area (Å²) in [6.07, 6.45) is -0.899. The Labute approximate surface area is 180 Å². The molecule has 2 aromatic carbocycles. The van der Waals surface area contributed by atoms with Crippen molar-refractivity contribution < 1.29 is 23.5 Å². The Bertz CT molecular complexity index is 1110. The molecule has 0 saturated carbocycles. The molecular weight excluding hydrogens is 396 g/mol. The van der Waals surface area contributed by atoms with E-state index in [2.05, 4.69) is 0 Å². The van der Waals surface area contributed by atoms with Crippen molar-refractivity contribution in [2.24, 2.45) is 0 Å². The molecule has 0 fully saturated rings. The summed E-state index contributed by atoms with van der Waals surface area (Å²) in [6, 6.07) is 16.3. The molecule has 0 saturated heterocycles. The van der Waals surface area contributed by atoms with E-state index in [4.69, 9.17) is 19.2 Å². The number of ether oxygens (including phenoxy) is 2. The van der Waals surface area contributed by atoms with Crippen LogP contribution >= 0.6 is 0 Å². The third-order valence-electron chi connectivity index (χ3n) is 4.82. The van der Waals surface area contributed by atoms with Crippen LogP contribution in [0, 0.1) is 18.3 Å². The number of furan rings is 1. The average Bonchev–Trinajstić information content (AvgIpc) is 3.11. The first kappa shape index (κ1) is 21.9. The van der Waals surface area contributed by atoms with Gasteiger partial charge in [-0.1, -0.05) is 18.2 Å². The van der Waals surface area contributed by atoms with Gasteiger partial charge in [-0.05, 0) is 51.1 Å². The first-order valence-electron chi connectivity index (χ1n) is 10.1. The summed E-state index contributed by atoms with van der Waals surface area (Å²) in [7, 11) is 0. The topological polar surface area (TPSA) is 92.8 Å². The molecule has 1 heterocycles. The van der Waals surface area contributed by atoms with E-state index >= 15 is 0 Å². The van der Waals surface area contributed by atoms with Crippen LogP contribution < -0.4 is 9.64 Å². The van der Waals surface area contributed by atoms with Crippen molar-refractivity contribution in [1.82, 2.24) is 0 Å². The molecule has 3 aromatic rings. The van der Waals surface area contributed by atoms with Gasteiger partial charge >= 0.3 is 5.97 Å². The van der Waals surface area contributed by atoms with Crippen LogP contribution in [-0.4, -0.2) is 31.1 Å². The molecular formula is C24H24N2O5. The summed E-state index contributed by atoms with van der Waals surface area (Å²) in [5, 5.41) is 9.68. The molecule has 1 atom stereocenters. The van der Waals surface area contributed by atoms with E-state index in [0.29, 0.717) is 29.2 Å². The van der Waals surface area contributed by atoms with Gasteiger partial charge in [0.2, 0.25) is 5.76 Å². The Hall–Kier alpha value is -3.79. The predicted molar refractivity (Wildman–Crippen MR) is 116 cm³/mol. The van der Waals surface area contributed by atoms with E-state index < -0.39 is 18.0 Å². The Balaban J connectivity index is 1.79. The van der Waals surface area contributed by atoms with Crippen LogP contribution in [0.4, 0.5) is 5.69 Å². The second kappa shape index (κ2) is 9.81. The van der Waals surface area contributed by atoms with E-state index in [0.717, 1.165) is 5.39 Å². The maximum absolute atomic E-state index is 13.0. The van der Waals surface area contributed by atoms with Crippen molar-refractivity contribution in [2.45, 2.75) is 33.3 Å². The van der Waals surface area contributed by atoms with Crippen LogP contribution in [0.25, 0.3) is 11.0 Å². The number of hydrogen-bond acceptors (Lipinski definition) is 6. The Kier molecular flexibility index (Phi) is 6.93. The number of amides is 1. The zero-order valence-electron chi connectivity index (χ0n) is 17.8. The van der Waals surface area contributed by atoms with Crippen molar-refractivity contribution in [2.75, 3.05) is 18.1 Å². The lowest BCUT2D eigenvalue weighted by Gasteiger charge is -2.24. The summed E-state index contributed by atoms with van der Waals surface area (Å²) in [6.45, 7) is 5.89. The third kappa shape index (κ3) is 4.86. The quantitative estimate of drug-likeness (QED) is 0.493. The maximum atomic E-state index is 13.0. The van der Waals surface area contributed by atoms with Gasteiger partial charge in [0.1, 0.15) is 11.3 Å². The monoisotopic (exact) mass is 420 g/mol. The van der Waals surface area contributed by atoms with Gasteiger partial charge in [0.15, 0.2) is 6.10 Å². The molecule has 3 rings (SSSR count). The van der Waals surface area contributed by atoms with Gasteiger partial charge in [-0.3, -0.25) is 4.79 Å². The highest BCUT2D eigenvalue weighted by Gasteiger charge is 2.28. The van der Waals surface area contributed by atoms with Crippen molar-refractivity contribution in [1.29, 1.82) is 5.26 Å². The summed E-state index contributed by atoms with van der Waals surface area (Å²) in [5.74, 6) is -0.409. The Morgan fingerprint density at radius 3 is 2.61 bits per heavy atom. The van der Waals surface area contributed by atoms with E-state index in [1.54, 1.807) is 43.3 Å². The second-order valence-electron chi connectivity index (χ2n) is 6.93. The van der Waals surface area contributed by atoms with Crippen LogP contribution in [0.15, 0.2) is 52.9 Å². The number of carbonyl (C=O) groups is 2. The van der Waals surface area contributed by atoms with Gasteiger partial charge < -0.3 is 18.8 Å². The van der Waals surface area contributed by atoms with Crippen molar-refractivity contribution in [3.8, 4) is 11.8 Å². The number of benzene rings is 2. The third-order valence-corrected chi connectivity index (χ3v) is 4.82. The maximum Gasteiger partial charge on any atom is 0.375 e. The van der Waals surface area contributed by atoms with E-state index in [1.165, 1.54) is 11.8 Å². The number of hydrogen-bond donors (Lipinski definition) is 0. The van der Waals surface area contributed by atoms with E-state index in [-0.39, 0.29) is 18.7 Å². The van der Waals surface area contributed by atoms with Gasteiger partial charge in [0.05, 0.1) is 19.1 Å². The highest BCUT2D eigenvalue weighted by Crippen LogP contribution is 2.29. The van der Waals surface area contributed by atoms with Gasteiger partial charge in [0.25, 0.3) is 5.91 Å². The number of rotatable bonds is 8. The summed E-state index contributed by atoms with van der Waals surface area (Å²) < 4.78 is 16.6. The fourth-order valence-corrected chi connectivity index (χ4v) is 3.27. The Morgan fingerprint density at radius 1 is 1.19 bits per heavy atom. The van der Waals surface area contributed by atoms with Gasteiger partial charge in [-0.15, -0.1) is 0 Å². The van der Waals surface area contributed by atoms with Crippen LogP contribution in [0.1, 0.15) is 36.4 Å². The zero-order chi connectivity index (χ0) is 22.4. The average molecular weight is 420 g/mol. The molecule has 0 aliphatic rings. The SMILES string of the molecule is CCOc1ccc2oc(C(=O)O[C@@H](C)C(=O)N(CCC#N)c3ccccc3)c(C)c2c1. The van der Waals surface area contributed by atoms with Crippen molar-refractivity contribution in [3.05, 3.63) is 59.9 Å². The minimum absolute atomic E-state index is 0.0478. The molecule has 0 spiro atoms. The lowest BCUT2D eigenvalue weighted by molar-refractivity contribution is -0.126. The van der Waals surface area contributed by atoms with Crippen molar-refractivity contribution >= 4 is 28.5 Å². The molecule has 160 valence electrons. The first-order chi connectivity index (χ1) is 15.0. The lowest BCUT2D eigenvalue weighted by Crippen LogP contribution is -2.40. The molecule has 0 unspecified atom stereocenters. The lowest BCUT2D eigenvalue weighted by atomic mass is 10.1. The predicted octanol–water partition coefficient (Wildman–Crippen LogP) is 4.63. The number of nitriles is 1. The smallest absolute Gasteiger partial charge is 0.375 e. The number of anilines is 1.